The zero-order chi connectivity index (χ0) is 11.3. The lowest BCUT2D eigenvalue weighted by atomic mass is 10.3. The Morgan fingerprint density at radius 2 is 2.07 bits per heavy atom. The first kappa shape index (κ1) is 12.0. The summed E-state index contributed by atoms with van der Waals surface area (Å²) < 4.78 is 23.1. The first-order chi connectivity index (χ1) is 7.13. The minimum Gasteiger partial charge on any atom is -0.461 e. The van der Waals surface area contributed by atoms with Gasteiger partial charge >= 0.3 is 12.3 Å². The molecule has 0 amide bonds. The maximum atomic E-state index is 13.1. The van der Waals surface area contributed by atoms with Crippen molar-refractivity contribution in [1.29, 1.82) is 0 Å². The number of esters is 1. The molecular weight excluding hydrogens is 267 g/mol. The Morgan fingerprint density at radius 3 is 2.60 bits per heavy atom. The van der Waals surface area contributed by atoms with E-state index >= 15 is 0 Å². The molecule has 15 heavy (non-hydrogen) atoms. The lowest BCUT2D eigenvalue weighted by molar-refractivity contribution is -0.159. The Bertz CT molecular complexity index is 326. The standard InChI is InChI=1S/C10H10BrFO3/c1-2-14-10(13)9(12)15-8-5-3-7(11)4-6-8/h3-6,9H,2H2,1H3/t9-/m1/s1. The van der Waals surface area contributed by atoms with Gasteiger partial charge in [-0.2, -0.15) is 4.39 Å². The highest BCUT2D eigenvalue weighted by Gasteiger charge is 2.19. The highest BCUT2D eigenvalue weighted by atomic mass is 79.9. The van der Waals surface area contributed by atoms with E-state index in [-0.39, 0.29) is 12.4 Å². The molecule has 82 valence electrons. The molecule has 5 heteroatoms. The number of hydrogen-bond donors (Lipinski definition) is 0. The van der Waals surface area contributed by atoms with Gasteiger partial charge in [0.2, 0.25) is 0 Å². The molecule has 0 aliphatic rings. The van der Waals surface area contributed by atoms with Crippen molar-refractivity contribution in [3.63, 3.8) is 0 Å². The summed E-state index contributed by atoms with van der Waals surface area (Å²) in [6, 6.07) is 6.48. The van der Waals surface area contributed by atoms with Crippen LogP contribution in [0.5, 0.6) is 5.75 Å². The molecule has 1 aromatic carbocycles. The number of carbonyl (C=O) groups excluding carboxylic acids is 1. The number of ether oxygens (including phenoxy) is 2. The van der Waals surface area contributed by atoms with Crippen LogP contribution in [0.25, 0.3) is 0 Å². The van der Waals surface area contributed by atoms with Crippen LogP contribution in [0.3, 0.4) is 0 Å². The van der Waals surface area contributed by atoms with Gasteiger partial charge in [-0.1, -0.05) is 15.9 Å². The number of benzene rings is 1. The Hall–Kier alpha value is -1.10. The molecule has 0 fully saturated rings. The summed E-state index contributed by atoms with van der Waals surface area (Å²) in [6.07, 6.45) is -2.08. The van der Waals surface area contributed by atoms with E-state index in [2.05, 4.69) is 20.7 Å². The molecule has 0 spiro atoms. The van der Waals surface area contributed by atoms with Crippen molar-refractivity contribution in [2.75, 3.05) is 6.61 Å². The van der Waals surface area contributed by atoms with Gasteiger partial charge in [0.15, 0.2) is 0 Å². The topological polar surface area (TPSA) is 35.5 Å². The van der Waals surface area contributed by atoms with Gasteiger partial charge < -0.3 is 9.47 Å². The van der Waals surface area contributed by atoms with Crippen molar-refractivity contribution in [2.24, 2.45) is 0 Å². The number of halogens is 2. The molecule has 0 saturated carbocycles. The van der Waals surface area contributed by atoms with Crippen LogP contribution in [-0.2, 0) is 9.53 Å². The third-order valence-electron chi connectivity index (χ3n) is 1.53. The molecule has 0 radical (unpaired) electrons. The van der Waals surface area contributed by atoms with Gasteiger partial charge in [0.25, 0.3) is 0 Å². The van der Waals surface area contributed by atoms with E-state index in [9.17, 15) is 9.18 Å². The fourth-order valence-electron chi connectivity index (χ4n) is 0.889. The van der Waals surface area contributed by atoms with Gasteiger partial charge in [-0.05, 0) is 31.2 Å². The van der Waals surface area contributed by atoms with Gasteiger partial charge in [-0.3, -0.25) is 0 Å². The zero-order valence-corrected chi connectivity index (χ0v) is 9.66. The van der Waals surface area contributed by atoms with Crippen LogP contribution in [0.1, 0.15) is 6.92 Å². The summed E-state index contributed by atoms with van der Waals surface area (Å²) in [5, 5.41) is 0. The van der Waals surface area contributed by atoms with Crippen LogP contribution >= 0.6 is 15.9 Å². The van der Waals surface area contributed by atoms with Gasteiger partial charge in [-0.25, -0.2) is 4.79 Å². The number of carbonyl (C=O) groups is 1. The second-order valence-electron chi connectivity index (χ2n) is 2.64. The molecule has 0 saturated heterocycles. The summed E-state index contributed by atoms with van der Waals surface area (Å²) >= 11 is 3.22. The Morgan fingerprint density at radius 1 is 1.47 bits per heavy atom. The largest absolute Gasteiger partial charge is 0.461 e. The molecule has 0 bridgehead atoms. The fraction of sp³-hybridized carbons (Fsp3) is 0.300. The number of alkyl halides is 1. The normalized spacial score (nSPS) is 11.9. The molecule has 0 N–H and O–H groups in total. The highest BCUT2D eigenvalue weighted by Crippen LogP contribution is 2.17. The zero-order valence-electron chi connectivity index (χ0n) is 8.07. The molecule has 0 aliphatic carbocycles. The summed E-state index contributed by atoms with van der Waals surface area (Å²) in [5.41, 5.74) is 0. The van der Waals surface area contributed by atoms with E-state index in [0.29, 0.717) is 0 Å². The van der Waals surface area contributed by atoms with E-state index in [1.807, 2.05) is 0 Å². The second-order valence-corrected chi connectivity index (χ2v) is 3.56. The predicted molar refractivity (Wildman–Crippen MR) is 56.3 cm³/mol. The van der Waals surface area contributed by atoms with Crippen LogP contribution in [-0.4, -0.2) is 18.9 Å². The molecule has 0 unspecified atom stereocenters. The van der Waals surface area contributed by atoms with E-state index in [0.717, 1.165) is 4.47 Å². The van der Waals surface area contributed by atoms with Crippen molar-refractivity contribution < 1.29 is 18.7 Å². The van der Waals surface area contributed by atoms with Crippen LogP contribution in [0.2, 0.25) is 0 Å². The fourth-order valence-corrected chi connectivity index (χ4v) is 1.15. The van der Waals surface area contributed by atoms with Crippen molar-refractivity contribution in [3.8, 4) is 5.75 Å². The molecule has 1 atom stereocenters. The maximum absolute atomic E-state index is 13.1. The average Bonchev–Trinajstić information content (AvgIpc) is 2.22. The van der Waals surface area contributed by atoms with E-state index in [4.69, 9.17) is 4.74 Å². The molecule has 1 aromatic rings. The van der Waals surface area contributed by atoms with E-state index < -0.39 is 12.3 Å². The summed E-state index contributed by atoms with van der Waals surface area (Å²) in [5.74, 6) is -0.737. The van der Waals surface area contributed by atoms with E-state index in [1.54, 1.807) is 31.2 Å². The third-order valence-corrected chi connectivity index (χ3v) is 2.05. The van der Waals surface area contributed by atoms with Gasteiger partial charge in [-0.15, -0.1) is 0 Å². The van der Waals surface area contributed by atoms with Gasteiger partial charge in [0.05, 0.1) is 6.61 Å². The summed E-state index contributed by atoms with van der Waals surface area (Å²) in [4.78, 5) is 10.9. The van der Waals surface area contributed by atoms with Crippen LogP contribution in [0, 0.1) is 0 Å². The van der Waals surface area contributed by atoms with Crippen molar-refractivity contribution >= 4 is 21.9 Å². The smallest absolute Gasteiger partial charge is 0.381 e. The Labute approximate surface area is 95.3 Å². The van der Waals surface area contributed by atoms with Gasteiger partial charge in [0.1, 0.15) is 5.75 Å². The van der Waals surface area contributed by atoms with Crippen molar-refractivity contribution in [2.45, 2.75) is 13.3 Å². The lowest BCUT2D eigenvalue weighted by Gasteiger charge is -2.09. The first-order valence-corrected chi connectivity index (χ1v) is 5.15. The SMILES string of the molecule is CCOC(=O)[C@H](F)Oc1ccc(Br)cc1. The van der Waals surface area contributed by atoms with E-state index in [1.165, 1.54) is 0 Å². The number of hydrogen-bond acceptors (Lipinski definition) is 3. The molecular formula is C10H10BrFO3. The monoisotopic (exact) mass is 276 g/mol. The minimum absolute atomic E-state index is 0.128. The van der Waals surface area contributed by atoms with Crippen LogP contribution in [0.15, 0.2) is 28.7 Å². The Balaban J connectivity index is 2.54. The summed E-state index contributed by atoms with van der Waals surface area (Å²) in [6.45, 7) is 1.73. The molecule has 3 nitrogen and oxygen atoms in total. The highest BCUT2D eigenvalue weighted by molar-refractivity contribution is 9.10. The molecule has 1 rings (SSSR count). The second kappa shape index (κ2) is 5.70. The Kier molecular flexibility index (Phi) is 4.55. The predicted octanol–water partition coefficient (Wildman–Crippen LogP) is 2.69. The first-order valence-electron chi connectivity index (χ1n) is 4.36. The quantitative estimate of drug-likeness (QED) is 0.794. The minimum atomic E-state index is -2.08. The van der Waals surface area contributed by atoms with Crippen molar-refractivity contribution in [3.05, 3.63) is 28.7 Å². The van der Waals surface area contributed by atoms with Crippen LogP contribution < -0.4 is 4.74 Å². The van der Waals surface area contributed by atoms with Crippen molar-refractivity contribution in [1.82, 2.24) is 0 Å². The third kappa shape index (κ3) is 3.87. The van der Waals surface area contributed by atoms with Gasteiger partial charge in [0, 0.05) is 4.47 Å². The summed E-state index contributed by atoms with van der Waals surface area (Å²) in [7, 11) is 0. The molecule has 0 aliphatic heterocycles. The lowest BCUT2D eigenvalue weighted by Crippen LogP contribution is -2.24. The number of rotatable bonds is 4. The maximum Gasteiger partial charge on any atom is 0.381 e. The molecule has 0 heterocycles. The molecule has 0 aromatic heterocycles. The average molecular weight is 277 g/mol. The van der Waals surface area contributed by atoms with Crippen LogP contribution in [0.4, 0.5) is 4.39 Å².